The van der Waals surface area contributed by atoms with Crippen LogP contribution >= 0.6 is 0 Å². The Labute approximate surface area is 159 Å². The lowest BCUT2D eigenvalue weighted by molar-refractivity contribution is 0.410. The van der Waals surface area contributed by atoms with E-state index in [1.165, 1.54) is 25.7 Å². The SMILES string of the molecule is Nc1nc(-c2ccccc2)nc(N(c2ccccc2)[C@@H]2C[C@@H]3CC[C@H]2C3)n1. The van der Waals surface area contributed by atoms with Crippen molar-refractivity contribution in [3.8, 4) is 11.4 Å². The van der Waals surface area contributed by atoms with Crippen molar-refractivity contribution < 1.29 is 0 Å². The molecule has 2 aromatic carbocycles. The average molecular weight is 357 g/mol. The highest BCUT2D eigenvalue weighted by molar-refractivity contribution is 5.63. The van der Waals surface area contributed by atoms with E-state index in [1.54, 1.807) is 0 Å². The molecule has 5 heteroatoms. The highest BCUT2D eigenvalue weighted by atomic mass is 15.3. The van der Waals surface area contributed by atoms with E-state index in [0.29, 0.717) is 23.7 Å². The van der Waals surface area contributed by atoms with Gasteiger partial charge in [0.2, 0.25) is 11.9 Å². The van der Waals surface area contributed by atoms with Crippen molar-refractivity contribution in [2.75, 3.05) is 10.6 Å². The number of hydrogen-bond acceptors (Lipinski definition) is 5. The fraction of sp³-hybridized carbons (Fsp3) is 0.318. The number of para-hydroxylation sites is 1. The molecule has 0 radical (unpaired) electrons. The average Bonchev–Trinajstić information content (AvgIpc) is 3.33. The van der Waals surface area contributed by atoms with Gasteiger partial charge in [0.1, 0.15) is 0 Å². The monoisotopic (exact) mass is 357 g/mol. The van der Waals surface area contributed by atoms with Gasteiger partial charge in [-0.05, 0) is 43.2 Å². The topological polar surface area (TPSA) is 67.9 Å². The number of nitrogen functional groups attached to an aromatic ring is 1. The van der Waals surface area contributed by atoms with Gasteiger partial charge in [-0.3, -0.25) is 0 Å². The third-order valence-electron chi connectivity index (χ3n) is 5.96. The number of aromatic nitrogens is 3. The Morgan fingerprint density at radius 2 is 1.56 bits per heavy atom. The molecule has 0 aliphatic heterocycles. The van der Waals surface area contributed by atoms with Gasteiger partial charge in [-0.2, -0.15) is 15.0 Å². The Morgan fingerprint density at radius 3 is 2.22 bits per heavy atom. The molecule has 2 saturated carbocycles. The Kier molecular flexibility index (Phi) is 4.00. The highest BCUT2D eigenvalue weighted by Crippen LogP contribution is 2.49. The summed E-state index contributed by atoms with van der Waals surface area (Å²) in [4.78, 5) is 16.1. The van der Waals surface area contributed by atoms with Crippen LogP contribution in [-0.4, -0.2) is 21.0 Å². The van der Waals surface area contributed by atoms with Gasteiger partial charge in [0.05, 0.1) is 0 Å². The molecule has 2 fully saturated rings. The summed E-state index contributed by atoms with van der Waals surface area (Å²) in [6.45, 7) is 0. The maximum Gasteiger partial charge on any atom is 0.235 e. The van der Waals surface area contributed by atoms with E-state index in [1.807, 2.05) is 36.4 Å². The summed E-state index contributed by atoms with van der Waals surface area (Å²) in [6.07, 6.45) is 5.18. The van der Waals surface area contributed by atoms with Gasteiger partial charge in [0.25, 0.3) is 0 Å². The van der Waals surface area contributed by atoms with Crippen LogP contribution in [0.4, 0.5) is 17.6 Å². The fourth-order valence-electron chi connectivity index (χ4n) is 4.78. The van der Waals surface area contributed by atoms with Crippen molar-refractivity contribution in [3.63, 3.8) is 0 Å². The predicted octanol–water partition coefficient (Wildman–Crippen LogP) is 4.45. The molecule has 2 N–H and O–H groups in total. The minimum absolute atomic E-state index is 0.267. The molecular weight excluding hydrogens is 334 g/mol. The summed E-state index contributed by atoms with van der Waals surface area (Å²) in [6, 6.07) is 20.8. The second kappa shape index (κ2) is 6.65. The first-order valence-corrected chi connectivity index (χ1v) is 9.69. The summed E-state index contributed by atoms with van der Waals surface area (Å²) in [5.41, 5.74) is 8.18. The Balaban J connectivity index is 1.61. The van der Waals surface area contributed by atoms with E-state index >= 15 is 0 Å². The van der Waals surface area contributed by atoms with Crippen LogP contribution in [0.3, 0.4) is 0 Å². The van der Waals surface area contributed by atoms with Gasteiger partial charge >= 0.3 is 0 Å². The lowest BCUT2D eigenvalue weighted by Gasteiger charge is -2.34. The van der Waals surface area contributed by atoms with E-state index in [4.69, 9.17) is 10.7 Å². The van der Waals surface area contributed by atoms with Crippen LogP contribution in [0, 0.1) is 11.8 Å². The molecule has 0 spiro atoms. The molecule has 3 aromatic rings. The molecule has 2 bridgehead atoms. The van der Waals surface area contributed by atoms with Crippen LogP contribution in [0.15, 0.2) is 60.7 Å². The van der Waals surface area contributed by atoms with Crippen molar-refractivity contribution >= 4 is 17.6 Å². The first-order chi connectivity index (χ1) is 13.3. The summed E-state index contributed by atoms with van der Waals surface area (Å²) < 4.78 is 0. The molecule has 2 aliphatic carbocycles. The predicted molar refractivity (Wildman–Crippen MR) is 107 cm³/mol. The van der Waals surface area contributed by atoms with Crippen LogP contribution in [0.25, 0.3) is 11.4 Å². The normalized spacial score (nSPS) is 23.5. The zero-order valence-corrected chi connectivity index (χ0v) is 15.2. The van der Waals surface area contributed by atoms with Gasteiger partial charge in [-0.25, -0.2) is 0 Å². The molecule has 5 nitrogen and oxygen atoms in total. The van der Waals surface area contributed by atoms with Gasteiger partial charge in [-0.1, -0.05) is 55.0 Å². The van der Waals surface area contributed by atoms with Crippen molar-refractivity contribution in [1.29, 1.82) is 0 Å². The van der Waals surface area contributed by atoms with Crippen molar-refractivity contribution in [1.82, 2.24) is 15.0 Å². The summed E-state index contributed by atoms with van der Waals surface area (Å²) in [5.74, 6) is 3.09. The third-order valence-corrected chi connectivity index (χ3v) is 5.96. The Morgan fingerprint density at radius 1 is 0.815 bits per heavy atom. The van der Waals surface area contributed by atoms with E-state index in [0.717, 1.165) is 17.2 Å². The number of hydrogen-bond donors (Lipinski definition) is 1. The number of fused-ring (bicyclic) bond motifs is 2. The van der Waals surface area contributed by atoms with Crippen LogP contribution in [0.1, 0.15) is 25.7 Å². The fourth-order valence-corrected chi connectivity index (χ4v) is 4.78. The minimum atomic E-state index is 0.267. The largest absolute Gasteiger partial charge is 0.368 e. The molecule has 1 heterocycles. The summed E-state index contributed by atoms with van der Waals surface area (Å²) in [5, 5.41) is 0. The highest BCUT2D eigenvalue weighted by Gasteiger charge is 2.43. The van der Waals surface area contributed by atoms with Gasteiger partial charge in [-0.15, -0.1) is 0 Å². The maximum absolute atomic E-state index is 6.10. The maximum atomic E-state index is 6.10. The van der Waals surface area contributed by atoms with Crippen LogP contribution in [0.5, 0.6) is 0 Å². The second-order valence-electron chi connectivity index (χ2n) is 7.63. The number of rotatable bonds is 4. The molecule has 0 unspecified atom stereocenters. The minimum Gasteiger partial charge on any atom is -0.368 e. The number of anilines is 3. The molecule has 0 amide bonds. The summed E-state index contributed by atoms with van der Waals surface area (Å²) in [7, 11) is 0. The Hall–Kier alpha value is -2.95. The first kappa shape index (κ1) is 16.2. The summed E-state index contributed by atoms with van der Waals surface area (Å²) >= 11 is 0. The molecule has 136 valence electrons. The molecule has 3 atom stereocenters. The van der Waals surface area contributed by atoms with Gasteiger partial charge in [0, 0.05) is 17.3 Å². The van der Waals surface area contributed by atoms with E-state index < -0.39 is 0 Å². The molecule has 2 aliphatic rings. The van der Waals surface area contributed by atoms with E-state index in [-0.39, 0.29) is 5.95 Å². The van der Waals surface area contributed by atoms with E-state index in [2.05, 4.69) is 39.1 Å². The second-order valence-corrected chi connectivity index (χ2v) is 7.63. The zero-order valence-electron chi connectivity index (χ0n) is 15.2. The van der Waals surface area contributed by atoms with Gasteiger partial charge in [0.15, 0.2) is 5.82 Å². The van der Waals surface area contributed by atoms with Crippen molar-refractivity contribution in [3.05, 3.63) is 60.7 Å². The number of nitrogens with two attached hydrogens (primary N) is 1. The van der Waals surface area contributed by atoms with Crippen LogP contribution < -0.4 is 10.6 Å². The molecule has 27 heavy (non-hydrogen) atoms. The van der Waals surface area contributed by atoms with Crippen molar-refractivity contribution in [2.45, 2.75) is 31.7 Å². The standard InChI is InChI=1S/C22H23N5/c23-21-24-20(16-7-3-1-4-8-16)25-22(26-21)27(18-9-5-2-6-10-18)19-14-15-11-12-17(19)13-15/h1-10,15,17,19H,11-14H2,(H2,23,24,25,26)/t15-,17+,19-/m1/s1. The number of benzene rings is 2. The molecule has 5 rings (SSSR count). The first-order valence-electron chi connectivity index (χ1n) is 9.69. The molecule has 1 aromatic heterocycles. The lowest BCUT2D eigenvalue weighted by Crippen LogP contribution is -2.37. The molecule has 0 saturated heterocycles. The van der Waals surface area contributed by atoms with Crippen molar-refractivity contribution in [2.24, 2.45) is 11.8 Å². The smallest absolute Gasteiger partial charge is 0.235 e. The van der Waals surface area contributed by atoms with Crippen LogP contribution in [-0.2, 0) is 0 Å². The zero-order chi connectivity index (χ0) is 18.2. The van der Waals surface area contributed by atoms with E-state index in [9.17, 15) is 0 Å². The number of nitrogens with zero attached hydrogens (tertiary/aromatic N) is 4. The quantitative estimate of drug-likeness (QED) is 0.747. The third kappa shape index (κ3) is 3.03. The van der Waals surface area contributed by atoms with Gasteiger partial charge < -0.3 is 10.6 Å². The lowest BCUT2D eigenvalue weighted by atomic mass is 9.93. The Bertz CT molecular complexity index is 928. The molecular formula is C22H23N5. The van der Waals surface area contributed by atoms with Crippen LogP contribution in [0.2, 0.25) is 0 Å².